The lowest BCUT2D eigenvalue weighted by Crippen LogP contribution is -2.99. The number of aromatic nitrogens is 1. The number of aromatic amines is 1. The van der Waals surface area contributed by atoms with E-state index in [2.05, 4.69) is 16.4 Å². The topological polar surface area (TPSA) is 92.6 Å². The third-order valence-corrected chi connectivity index (χ3v) is 4.09. The molecule has 24 heavy (non-hydrogen) atoms. The van der Waals surface area contributed by atoms with Crippen molar-refractivity contribution in [3.8, 4) is 0 Å². The molecule has 0 saturated carbocycles. The summed E-state index contributed by atoms with van der Waals surface area (Å²) in [6, 6.07) is 14.3. The number of quaternary nitrogens is 1. The lowest BCUT2D eigenvalue weighted by molar-refractivity contribution is -0.991. The van der Waals surface area contributed by atoms with Gasteiger partial charge in [0.25, 0.3) is 5.91 Å². The van der Waals surface area contributed by atoms with Crippen molar-refractivity contribution in [1.29, 1.82) is 0 Å². The highest BCUT2D eigenvalue weighted by Gasteiger charge is 2.15. The van der Waals surface area contributed by atoms with Gasteiger partial charge in [-0.25, -0.2) is 5.21 Å². The van der Waals surface area contributed by atoms with Crippen LogP contribution in [0.3, 0.4) is 0 Å². The zero-order valence-corrected chi connectivity index (χ0v) is 13.3. The number of nitrogens with one attached hydrogen (secondary N) is 3. The average Bonchev–Trinajstić information content (AvgIpc) is 2.90. The molecule has 0 radical (unpaired) electrons. The number of carbonyl (C=O) groups is 1. The van der Waals surface area contributed by atoms with Crippen molar-refractivity contribution in [2.45, 2.75) is 13.3 Å². The third kappa shape index (κ3) is 3.16. The van der Waals surface area contributed by atoms with Gasteiger partial charge in [0.15, 0.2) is 5.69 Å². The summed E-state index contributed by atoms with van der Waals surface area (Å²) >= 11 is 0. The molecule has 1 heterocycles. The van der Waals surface area contributed by atoms with E-state index < -0.39 is 5.23 Å². The van der Waals surface area contributed by atoms with E-state index in [-0.39, 0.29) is 17.2 Å². The minimum absolute atomic E-state index is 0.0123. The van der Waals surface area contributed by atoms with Gasteiger partial charge in [-0.15, -0.1) is 0 Å². The number of benzene rings is 2. The highest BCUT2D eigenvalue weighted by Crippen LogP contribution is 2.22. The standard InChI is InChI=1S/C18H19N3O3/c1-12-13(14-6-2-4-8-16(14)20-12)10-11-19-18(22)15-7-3-5-9-17(15)21(23)24/h2-9,20-21,23H,10-11H2,1H3,(H,19,22). The van der Waals surface area contributed by atoms with Crippen molar-refractivity contribution in [2.75, 3.05) is 6.54 Å². The van der Waals surface area contributed by atoms with Crippen LogP contribution in [0.4, 0.5) is 5.69 Å². The summed E-state index contributed by atoms with van der Waals surface area (Å²) in [5.74, 6) is -0.370. The highest BCUT2D eigenvalue weighted by atomic mass is 16.8. The van der Waals surface area contributed by atoms with Crippen LogP contribution in [-0.2, 0) is 6.42 Å². The molecule has 1 aromatic heterocycles. The van der Waals surface area contributed by atoms with Crippen molar-refractivity contribution in [3.63, 3.8) is 0 Å². The first-order valence-corrected chi connectivity index (χ1v) is 7.74. The van der Waals surface area contributed by atoms with Gasteiger partial charge < -0.3 is 15.5 Å². The van der Waals surface area contributed by atoms with Crippen LogP contribution in [-0.4, -0.2) is 22.6 Å². The maximum atomic E-state index is 12.3. The molecule has 0 aliphatic carbocycles. The molecule has 0 fully saturated rings. The summed E-state index contributed by atoms with van der Waals surface area (Å²) in [5.41, 5.74) is 3.51. The molecule has 6 nitrogen and oxygen atoms in total. The van der Waals surface area contributed by atoms with Crippen molar-refractivity contribution in [3.05, 3.63) is 70.6 Å². The Morgan fingerprint density at radius 2 is 1.92 bits per heavy atom. The van der Waals surface area contributed by atoms with E-state index in [1.807, 2.05) is 25.1 Å². The number of aryl methyl sites for hydroxylation is 1. The molecular formula is C18H19N3O3. The van der Waals surface area contributed by atoms with Crippen molar-refractivity contribution >= 4 is 22.5 Å². The number of H-pyrrole nitrogens is 1. The smallest absolute Gasteiger partial charge is 0.257 e. The van der Waals surface area contributed by atoms with Crippen LogP contribution >= 0.6 is 0 Å². The first kappa shape index (κ1) is 16.2. The van der Waals surface area contributed by atoms with Crippen LogP contribution in [0, 0.1) is 12.1 Å². The van der Waals surface area contributed by atoms with E-state index in [1.54, 1.807) is 12.1 Å². The minimum atomic E-state index is -1.10. The number of hydrogen-bond donors (Lipinski definition) is 4. The molecular weight excluding hydrogens is 306 g/mol. The van der Waals surface area contributed by atoms with Gasteiger partial charge in [0.05, 0.1) is 0 Å². The quantitative estimate of drug-likeness (QED) is 0.539. The van der Waals surface area contributed by atoms with E-state index in [9.17, 15) is 10.0 Å². The van der Waals surface area contributed by atoms with E-state index in [1.165, 1.54) is 12.1 Å². The summed E-state index contributed by atoms with van der Waals surface area (Å²) in [6.45, 7) is 2.45. The SMILES string of the molecule is Cc1[nH]c2ccccc2c1CCNC(=O)c1ccccc1[NH+]([O-])O. The van der Waals surface area contributed by atoms with E-state index in [4.69, 9.17) is 5.21 Å². The molecule has 0 saturated heterocycles. The van der Waals surface area contributed by atoms with Crippen molar-refractivity contribution in [1.82, 2.24) is 10.3 Å². The molecule has 0 aliphatic rings. The maximum absolute atomic E-state index is 12.3. The molecule has 4 N–H and O–H groups in total. The normalized spacial score (nSPS) is 12.3. The molecule has 124 valence electrons. The number of hydrogen-bond acceptors (Lipinski definition) is 3. The lowest BCUT2D eigenvalue weighted by atomic mass is 10.1. The molecule has 0 bridgehead atoms. The fourth-order valence-electron chi connectivity index (χ4n) is 2.92. The van der Waals surface area contributed by atoms with Crippen LogP contribution in [0.1, 0.15) is 21.6 Å². The predicted octanol–water partition coefficient (Wildman–Crippen LogP) is 1.85. The molecule has 1 amide bonds. The Balaban J connectivity index is 1.70. The number of carbonyl (C=O) groups excluding carboxylic acids is 1. The maximum Gasteiger partial charge on any atom is 0.257 e. The molecule has 6 heteroatoms. The van der Waals surface area contributed by atoms with Gasteiger partial charge in [-0.3, -0.25) is 4.79 Å². The summed E-state index contributed by atoms with van der Waals surface area (Å²) in [4.78, 5) is 15.6. The second-order valence-corrected chi connectivity index (χ2v) is 5.63. The number of amides is 1. The fraction of sp³-hybridized carbons (Fsp3) is 0.167. The fourth-order valence-corrected chi connectivity index (χ4v) is 2.92. The van der Waals surface area contributed by atoms with E-state index >= 15 is 0 Å². The van der Waals surface area contributed by atoms with Crippen LogP contribution < -0.4 is 10.5 Å². The molecule has 2 aromatic carbocycles. The Labute approximate surface area is 139 Å². The Bertz CT molecular complexity index is 871. The van der Waals surface area contributed by atoms with Crippen LogP contribution in [0.5, 0.6) is 0 Å². The zero-order valence-electron chi connectivity index (χ0n) is 13.3. The van der Waals surface area contributed by atoms with E-state index in [0.29, 0.717) is 13.0 Å². The van der Waals surface area contributed by atoms with Crippen LogP contribution in [0.15, 0.2) is 48.5 Å². The number of para-hydroxylation sites is 2. The van der Waals surface area contributed by atoms with Crippen molar-refractivity contribution in [2.24, 2.45) is 0 Å². The second-order valence-electron chi connectivity index (χ2n) is 5.63. The molecule has 0 spiro atoms. The number of fused-ring (bicyclic) bond motifs is 1. The van der Waals surface area contributed by atoms with Gasteiger partial charge >= 0.3 is 0 Å². The predicted molar refractivity (Wildman–Crippen MR) is 91.3 cm³/mol. The molecule has 3 aromatic rings. The number of rotatable bonds is 5. The van der Waals surface area contributed by atoms with Crippen LogP contribution in [0.25, 0.3) is 10.9 Å². The van der Waals surface area contributed by atoms with Gasteiger partial charge in [0, 0.05) is 29.2 Å². The average molecular weight is 325 g/mol. The Morgan fingerprint density at radius 3 is 2.71 bits per heavy atom. The van der Waals surface area contributed by atoms with Crippen LogP contribution in [0.2, 0.25) is 0 Å². The van der Waals surface area contributed by atoms with Crippen molar-refractivity contribution < 1.29 is 15.2 Å². The van der Waals surface area contributed by atoms with Gasteiger partial charge in [-0.2, -0.15) is 5.23 Å². The summed E-state index contributed by atoms with van der Waals surface area (Å²) in [5, 5.41) is 23.2. The zero-order chi connectivity index (χ0) is 17.1. The molecule has 1 atom stereocenters. The van der Waals surface area contributed by atoms with Gasteiger partial charge in [-0.1, -0.05) is 30.3 Å². The Kier molecular flexibility index (Phi) is 4.61. The largest absolute Gasteiger partial charge is 0.595 e. The second kappa shape index (κ2) is 6.84. The Morgan fingerprint density at radius 1 is 1.21 bits per heavy atom. The van der Waals surface area contributed by atoms with Gasteiger partial charge in [-0.05, 0) is 31.0 Å². The van der Waals surface area contributed by atoms with Gasteiger partial charge in [0.2, 0.25) is 0 Å². The minimum Gasteiger partial charge on any atom is -0.595 e. The molecule has 1 unspecified atom stereocenters. The summed E-state index contributed by atoms with van der Waals surface area (Å²) in [6.07, 6.45) is 0.677. The summed E-state index contributed by atoms with van der Waals surface area (Å²) in [7, 11) is 0. The molecule has 3 rings (SSSR count). The first-order valence-electron chi connectivity index (χ1n) is 7.74. The highest BCUT2D eigenvalue weighted by molar-refractivity contribution is 5.98. The van der Waals surface area contributed by atoms with E-state index in [0.717, 1.165) is 22.2 Å². The lowest BCUT2D eigenvalue weighted by Gasteiger charge is -2.15. The molecule has 0 aliphatic heterocycles. The summed E-state index contributed by atoms with van der Waals surface area (Å²) < 4.78 is 0. The third-order valence-electron chi connectivity index (χ3n) is 4.09. The van der Waals surface area contributed by atoms with Gasteiger partial charge in [0.1, 0.15) is 5.56 Å². The monoisotopic (exact) mass is 325 g/mol. The Hall–Kier alpha value is -2.67. The first-order chi connectivity index (χ1) is 11.6.